The largest absolute Gasteiger partial charge is 0.466 e. The fraction of sp³-hybridized carbons (Fsp3) is 0.565. The van der Waals surface area contributed by atoms with Gasteiger partial charge in [-0.3, -0.25) is 14.5 Å². The van der Waals surface area contributed by atoms with E-state index in [9.17, 15) is 9.59 Å². The molecule has 4 rings (SSSR count). The molecule has 0 unspecified atom stereocenters. The maximum atomic E-state index is 13.5. The molecule has 3 aliphatic rings. The summed E-state index contributed by atoms with van der Waals surface area (Å²) in [4.78, 5) is 38.3. The zero-order valence-electron chi connectivity index (χ0n) is 18.6. The van der Waals surface area contributed by atoms with Gasteiger partial charge in [-0.25, -0.2) is 4.99 Å². The van der Waals surface area contributed by atoms with E-state index in [1.807, 2.05) is 29.2 Å². The number of hydrogen-bond donors (Lipinski definition) is 2. The first-order chi connectivity index (χ1) is 15.4. The fourth-order valence-electron chi connectivity index (χ4n) is 5.07. The number of anilines is 1. The number of guanidine groups is 2. The molecule has 1 spiro atoms. The normalized spacial score (nSPS) is 21.2. The number of esters is 1. The van der Waals surface area contributed by atoms with Crippen LogP contribution in [0.25, 0.3) is 0 Å². The zero-order chi connectivity index (χ0) is 22.7. The first-order valence-electron chi connectivity index (χ1n) is 11.5. The van der Waals surface area contributed by atoms with Crippen molar-refractivity contribution in [1.82, 2.24) is 4.90 Å². The van der Waals surface area contributed by atoms with Crippen LogP contribution in [-0.2, 0) is 9.53 Å². The topological polar surface area (TPSA) is 127 Å². The van der Waals surface area contributed by atoms with Gasteiger partial charge < -0.3 is 21.1 Å². The van der Waals surface area contributed by atoms with Crippen molar-refractivity contribution in [1.29, 1.82) is 0 Å². The average molecular weight is 441 g/mol. The number of rotatable bonds is 4. The van der Waals surface area contributed by atoms with Crippen LogP contribution in [0.1, 0.15) is 62.2 Å². The van der Waals surface area contributed by atoms with Gasteiger partial charge in [0.2, 0.25) is 11.9 Å². The van der Waals surface area contributed by atoms with Crippen molar-refractivity contribution in [3.63, 3.8) is 0 Å². The number of piperidine rings is 1. The second-order valence-electron chi connectivity index (χ2n) is 8.65. The molecule has 9 heteroatoms. The molecule has 1 saturated heterocycles. The van der Waals surface area contributed by atoms with E-state index < -0.39 is 5.66 Å². The van der Waals surface area contributed by atoms with Crippen molar-refractivity contribution in [2.24, 2.45) is 27.4 Å². The first kappa shape index (κ1) is 22.1. The van der Waals surface area contributed by atoms with E-state index in [0.717, 1.165) is 32.1 Å². The Morgan fingerprint density at radius 1 is 1.12 bits per heavy atom. The summed E-state index contributed by atoms with van der Waals surface area (Å²) in [7, 11) is 0. The third kappa shape index (κ3) is 4.16. The van der Waals surface area contributed by atoms with Crippen molar-refractivity contribution in [2.45, 2.75) is 57.5 Å². The van der Waals surface area contributed by atoms with Crippen LogP contribution in [-0.4, -0.2) is 54.1 Å². The lowest BCUT2D eigenvalue weighted by Gasteiger charge is -2.46. The Kier molecular flexibility index (Phi) is 6.34. The van der Waals surface area contributed by atoms with E-state index in [-0.39, 0.29) is 29.7 Å². The van der Waals surface area contributed by atoms with Gasteiger partial charge >= 0.3 is 5.97 Å². The molecular formula is C23H32N6O3. The van der Waals surface area contributed by atoms with Gasteiger partial charge in [-0.05, 0) is 57.6 Å². The molecule has 0 radical (unpaired) electrons. The number of nitrogens with zero attached hydrogens (tertiary/aromatic N) is 4. The van der Waals surface area contributed by atoms with Crippen LogP contribution in [0, 0.1) is 5.92 Å². The Hall–Kier alpha value is -3.10. The molecule has 1 aliphatic carbocycles. The highest BCUT2D eigenvalue weighted by molar-refractivity contribution is 6.10. The number of carbonyl (C=O) groups is 2. The predicted molar refractivity (Wildman–Crippen MR) is 123 cm³/mol. The van der Waals surface area contributed by atoms with Gasteiger partial charge in [0.15, 0.2) is 0 Å². The van der Waals surface area contributed by atoms with E-state index in [2.05, 4.69) is 4.99 Å². The van der Waals surface area contributed by atoms with E-state index in [1.165, 1.54) is 0 Å². The number of aliphatic imine (C=N–C) groups is 2. The SMILES string of the molecule is CCOC(=O)C1CCN(C(=O)c2ccccc2N2C(N)=NC(N)=NC23CCCCC3)CC1. The van der Waals surface area contributed by atoms with Crippen LogP contribution in [0.2, 0.25) is 0 Å². The Bertz CT molecular complexity index is 929. The second-order valence-corrected chi connectivity index (χ2v) is 8.65. The average Bonchev–Trinajstić information content (AvgIpc) is 2.79. The number of ether oxygens (including phenoxy) is 1. The van der Waals surface area contributed by atoms with Crippen LogP contribution in [0.15, 0.2) is 34.3 Å². The molecular weight excluding hydrogens is 408 g/mol. The van der Waals surface area contributed by atoms with Crippen LogP contribution < -0.4 is 16.4 Å². The lowest BCUT2D eigenvalue weighted by atomic mass is 9.87. The number of nitrogens with two attached hydrogens (primary N) is 2. The molecule has 2 fully saturated rings. The van der Waals surface area contributed by atoms with Crippen molar-refractivity contribution in [3.05, 3.63) is 29.8 Å². The summed E-state index contributed by atoms with van der Waals surface area (Å²) in [5.74, 6) is 0.0456. The fourth-order valence-corrected chi connectivity index (χ4v) is 5.07. The number of carbonyl (C=O) groups excluding carboxylic acids is 2. The molecule has 0 atom stereocenters. The maximum absolute atomic E-state index is 13.5. The molecule has 9 nitrogen and oxygen atoms in total. The Balaban J connectivity index is 1.60. The van der Waals surface area contributed by atoms with Crippen molar-refractivity contribution >= 4 is 29.5 Å². The van der Waals surface area contributed by atoms with E-state index in [4.69, 9.17) is 21.2 Å². The van der Waals surface area contributed by atoms with E-state index >= 15 is 0 Å². The van der Waals surface area contributed by atoms with Gasteiger partial charge in [0, 0.05) is 13.1 Å². The summed E-state index contributed by atoms with van der Waals surface area (Å²) in [6.45, 7) is 3.20. The molecule has 1 aromatic rings. The van der Waals surface area contributed by atoms with Gasteiger partial charge in [-0.2, -0.15) is 4.99 Å². The molecule has 4 N–H and O–H groups in total. The van der Waals surface area contributed by atoms with Crippen molar-refractivity contribution in [3.8, 4) is 0 Å². The summed E-state index contributed by atoms with van der Waals surface area (Å²) >= 11 is 0. The molecule has 1 saturated carbocycles. The molecule has 32 heavy (non-hydrogen) atoms. The zero-order valence-corrected chi connectivity index (χ0v) is 18.6. The summed E-state index contributed by atoms with van der Waals surface area (Å²) in [5.41, 5.74) is 13.0. The highest BCUT2D eigenvalue weighted by Gasteiger charge is 2.44. The van der Waals surface area contributed by atoms with Crippen molar-refractivity contribution < 1.29 is 14.3 Å². The summed E-state index contributed by atoms with van der Waals surface area (Å²) in [5, 5.41) is 0. The first-order valence-corrected chi connectivity index (χ1v) is 11.5. The van der Waals surface area contributed by atoms with Gasteiger partial charge in [0.05, 0.1) is 23.8 Å². The molecule has 0 bridgehead atoms. The molecule has 0 aromatic heterocycles. The molecule has 2 heterocycles. The van der Waals surface area contributed by atoms with Gasteiger partial charge in [-0.15, -0.1) is 0 Å². The summed E-state index contributed by atoms with van der Waals surface area (Å²) in [6.07, 6.45) is 5.97. The monoisotopic (exact) mass is 440 g/mol. The van der Waals surface area contributed by atoms with E-state index in [0.29, 0.717) is 43.8 Å². The van der Waals surface area contributed by atoms with Crippen LogP contribution in [0.3, 0.4) is 0 Å². The van der Waals surface area contributed by atoms with Gasteiger partial charge in [0.25, 0.3) is 5.91 Å². The second kappa shape index (κ2) is 9.18. The predicted octanol–water partition coefficient (Wildman–Crippen LogP) is 2.21. The lowest BCUT2D eigenvalue weighted by molar-refractivity contribution is -0.149. The molecule has 1 aromatic carbocycles. The number of benzene rings is 1. The third-order valence-electron chi connectivity index (χ3n) is 6.63. The number of hydrogen-bond acceptors (Lipinski definition) is 8. The Labute approximate surface area is 188 Å². The summed E-state index contributed by atoms with van der Waals surface area (Å²) < 4.78 is 5.15. The Morgan fingerprint density at radius 2 is 1.81 bits per heavy atom. The van der Waals surface area contributed by atoms with Crippen LogP contribution >= 0.6 is 0 Å². The van der Waals surface area contributed by atoms with Crippen LogP contribution in [0.5, 0.6) is 0 Å². The smallest absolute Gasteiger partial charge is 0.309 e. The van der Waals surface area contributed by atoms with Crippen molar-refractivity contribution in [2.75, 3.05) is 24.6 Å². The molecule has 172 valence electrons. The minimum atomic E-state index is -0.610. The molecule has 2 aliphatic heterocycles. The van der Waals surface area contributed by atoms with Gasteiger partial charge in [0.1, 0.15) is 5.66 Å². The highest BCUT2D eigenvalue weighted by atomic mass is 16.5. The minimum Gasteiger partial charge on any atom is -0.466 e. The Morgan fingerprint density at radius 3 is 2.50 bits per heavy atom. The van der Waals surface area contributed by atoms with Crippen LogP contribution in [0.4, 0.5) is 5.69 Å². The number of amides is 1. The maximum Gasteiger partial charge on any atom is 0.309 e. The molecule has 1 amide bonds. The highest BCUT2D eigenvalue weighted by Crippen LogP contribution is 2.40. The van der Waals surface area contributed by atoms with E-state index in [1.54, 1.807) is 11.8 Å². The lowest BCUT2D eigenvalue weighted by Crippen LogP contribution is -2.58. The summed E-state index contributed by atoms with van der Waals surface area (Å²) in [6, 6.07) is 7.46. The third-order valence-corrected chi connectivity index (χ3v) is 6.63. The quantitative estimate of drug-likeness (QED) is 0.691. The minimum absolute atomic E-state index is 0.0795. The standard InChI is InChI=1S/C23H32N6O3/c1-2-32-20(31)16-10-14-28(15-11-16)19(30)17-8-4-5-9-18(17)29-22(25)26-21(24)27-23(29)12-6-3-7-13-23/h4-5,8-9,16H,2-3,6-7,10-15H2,1H3,(H4,24,25,26,27). The number of likely N-dealkylation sites (tertiary alicyclic amines) is 1. The van der Waals surface area contributed by atoms with Gasteiger partial charge in [-0.1, -0.05) is 18.6 Å². The number of para-hydroxylation sites is 1.